The molecule has 0 spiro atoms. The number of sulfonamides is 1. The third-order valence-electron chi connectivity index (χ3n) is 5.45. The number of alkyl halides is 3. The van der Waals surface area contributed by atoms with E-state index in [4.69, 9.17) is 0 Å². The van der Waals surface area contributed by atoms with Crippen LogP contribution in [0.1, 0.15) is 22.3 Å². The number of piperazine rings is 1. The van der Waals surface area contributed by atoms with Crippen molar-refractivity contribution < 1.29 is 26.4 Å². The predicted octanol–water partition coefficient (Wildman–Crippen LogP) is 2.60. The van der Waals surface area contributed by atoms with E-state index in [0.717, 1.165) is 12.3 Å². The second kappa shape index (κ2) is 8.03. The van der Waals surface area contributed by atoms with Crippen LogP contribution in [0, 0.1) is 0 Å². The molecule has 3 heterocycles. The van der Waals surface area contributed by atoms with Gasteiger partial charge in [-0.25, -0.2) is 13.4 Å². The molecule has 2 fully saturated rings. The second-order valence-corrected chi connectivity index (χ2v) is 9.49. The molecule has 2 aliphatic heterocycles. The predicted molar refractivity (Wildman–Crippen MR) is 110 cm³/mol. The molecule has 0 N–H and O–H groups in total. The van der Waals surface area contributed by atoms with Gasteiger partial charge in [0, 0.05) is 44.5 Å². The lowest BCUT2D eigenvalue weighted by atomic mass is 10.1. The Morgan fingerprint density at radius 1 is 1.00 bits per heavy atom. The van der Waals surface area contributed by atoms with Crippen LogP contribution in [0.15, 0.2) is 42.6 Å². The van der Waals surface area contributed by atoms with Crippen molar-refractivity contribution in [3.05, 3.63) is 53.7 Å². The summed E-state index contributed by atoms with van der Waals surface area (Å²) in [6, 6.07) is 8.91. The minimum atomic E-state index is -4.43. The minimum absolute atomic E-state index is 0.102. The molecule has 7 nitrogen and oxygen atoms in total. The zero-order valence-electron chi connectivity index (χ0n) is 16.5. The molecule has 2 saturated heterocycles. The number of halogens is 3. The fraction of sp³-hybridized carbons (Fsp3) is 0.400. The third kappa shape index (κ3) is 4.46. The van der Waals surface area contributed by atoms with Gasteiger partial charge in [-0.2, -0.15) is 13.2 Å². The number of amides is 1. The number of carbonyl (C=O) groups is 1. The number of anilines is 2. The quantitative estimate of drug-likeness (QED) is 0.713. The Labute approximate surface area is 178 Å². The molecule has 11 heteroatoms. The van der Waals surface area contributed by atoms with Gasteiger partial charge in [-0.1, -0.05) is 6.07 Å². The molecule has 1 aromatic carbocycles. The molecule has 0 saturated carbocycles. The lowest BCUT2D eigenvalue weighted by Gasteiger charge is -2.35. The molecule has 0 bridgehead atoms. The molecule has 31 heavy (non-hydrogen) atoms. The van der Waals surface area contributed by atoms with Gasteiger partial charge in [0.15, 0.2) is 0 Å². The topological polar surface area (TPSA) is 73.8 Å². The third-order valence-corrected chi connectivity index (χ3v) is 7.32. The summed E-state index contributed by atoms with van der Waals surface area (Å²) in [6.45, 7) is 2.04. The molecule has 1 amide bonds. The average Bonchev–Trinajstić information content (AvgIpc) is 3.12. The molecule has 0 unspecified atom stereocenters. The molecular formula is C20H21F3N4O3S. The Kier molecular flexibility index (Phi) is 5.54. The number of carbonyl (C=O) groups excluding carboxylic acids is 1. The van der Waals surface area contributed by atoms with E-state index in [1.165, 1.54) is 10.4 Å². The number of hydrogen-bond donors (Lipinski definition) is 0. The van der Waals surface area contributed by atoms with Gasteiger partial charge in [0.2, 0.25) is 10.0 Å². The van der Waals surface area contributed by atoms with Gasteiger partial charge in [-0.05, 0) is 36.8 Å². The summed E-state index contributed by atoms with van der Waals surface area (Å²) < 4.78 is 63.7. The number of hydrogen-bond acceptors (Lipinski definition) is 5. The number of pyridine rings is 1. The molecule has 166 valence electrons. The summed E-state index contributed by atoms with van der Waals surface area (Å²) in [7, 11) is -3.33. The van der Waals surface area contributed by atoms with Crippen molar-refractivity contribution in [2.45, 2.75) is 12.6 Å². The first-order valence-electron chi connectivity index (χ1n) is 9.83. The number of rotatable bonds is 3. The average molecular weight is 454 g/mol. The van der Waals surface area contributed by atoms with Crippen LogP contribution in [0.4, 0.5) is 24.7 Å². The smallest absolute Gasteiger partial charge is 0.353 e. The highest BCUT2D eigenvalue weighted by Gasteiger charge is 2.32. The number of aromatic nitrogens is 1. The van der Waals surface area contributed by atoms with Crippen molar-refractivity contribution in [3.63, 3.8) is 0 Å². The highest BCUT2D eigenvalue weighted by atomic mass is 32.2. The SMILES string of the molecule is O=C(c1cccc(N2CCCS2(=O)=O)c1)N1CCN(c2ccc(C(F)(F)F)cn2)CC1. The summed E-state index contributed by atoms with van der Waals surface area (Å²) in [4.78, 5) is 20.3. The zero-order chi connectivity index (χ0) is 22.2. The molecule has 0 aliphatic carbocycles. The molecule has 2 aromatic rings. The number of nitrogens with zero attached hydrogens (tertiary/aromatic N) is 4. The fourth-order valence-corrected chi connectivity index (χ4v) is 5.34. The van der Waals surface area contributed by atoms with Crippen LogP contribution in [0.5, 0.6) is 0 Å². The van der Waals surface area contributed by atoms with Gasteiger partial charge in [-0.15, -0.1) is 0 Å². The molecule has 0 radical (unpaired) electrons. The van der Waals surface area contributed by atoms with Crippen molar-refractivity contribution in [3.8, 4) is 0 Å². The summed E-state index contributed by atoms with van der Waals surface area (Å²) >= 11 is 0. The van der Waals surface area contributed by atoms with E-state index in [1.54, 1.807) is 29.2 Å². The first kappa shape index (κ1) is 21.4. The minimum Gasteiger partial charge on any atom is -0.353 e. The van der Waals surface area contributed by atoms with E-state index in [9.17, 15) is 26.4 Å². The molecule has 2 aliphatic rings. The summed E-state index contributed by atoms with van der Waals surface area (Å²) in [5.74, 6) is 0.324. The van der Waals surface area contributed by atoms with E-state index in [-0.39, 0.29) is 11.7 Å². The van der Waals surface area contributed by atoms with Crippen LogP contribution in [0.2, 0.25) is 0 Å². The molecular weight excluding hydrogens is 433 g/mol. The number of benzene rings is 1. The van der Waals surface area contributed by atoms with E-state index in [1.807, 2.05) is 4.90 Å². The van der Waals surface area contributed by atoms with Crippen LogP contribution in [-0.2, 0) is 16.2 Å². The largest absolute Gasteiger partial charge is 0.417 e. The molecule has 0 atom stereocenters. The van der Waals surface area contributed by atoms with Crippen molar-refractivity contribution in [1.82, 2.24) is 9.88 Å². The highest BCUT2D eigenvalue weighted by Crippen LogP contribution is 2.30. The van der Waals surface area contributed by atoms with E-state index < -0.39 is 21.8 Å². The first-order chi connectivity index (χ1) is 14.6. The fourth-order valence-electron chi connectivity index (χ4n) is 3.79. The Balaban J connectivity index is 1.41. The van der Waals surface area contributed by atoms with Gasteiger partial charge in [0.1, 0.15) is 5.82 Å². The van der Waals surface area contributed by atoms with Crippen molar-refractivity contribution in [2.24, 2.45) is 0 Å². The molecule has 4 rings (SSSR count). The second-order valence-electron chi connectivity index (χ2n) is 7.47. The van der Waals surface area contributed by atoms with Gasteiger partial charge in [-0.3, -0.25) is 9.10 Å². The van der Waals surface area contributed by atoms with Crippen LogP contribution in [0.25, 0.3) is 0 Å². The normalized spacial score (nSPS) is 19.0. The summed E-state index contributed by atoms with van der Waals surface area (Å²) in [5.41, 5.74) is 0.0848. The maximum absolute atomic E-state index is 12.9. The lowest BCUT2D eigenvalue weighted by molar-refractivity contribution is -0.137. The Morgan fingerprint density at radius 2 is 1.74 bits per heavy atom. The standard InChI is InChI=1S/C20H21F3N4O3S/c21-20(22,23)16-5-6-18(24-14-16)25-8-10-26(11-9-25)19(28)15-3-1-4-17(13-15)27-7-2-12-31(27,29)30/h1,3-6,13-14H,2,7-12H2. The Bertz CT molecular complexity index is 1070. The van der Waals surface area contributed by atoms with E-state index in [2.05, 4.69) is 4.98 Å². The van der Waals surface area contributed by atoms with E-state index in [0.29, 0.717) is 56.2 Å². The van der Waals surface area contributed by atoms with Gasteiger partial charge >= 0.3 is 6.18 Å². The van der Waals surface area contributed by atoms with Crippen molar-refractivity contribution in [1.29, 1.82) is 0 Å². The first-order valence-corrected chi connectivity index (χ1v) is 11.4. The van der Waals surface area contributed by atoms with Crippen LogP contribution >= 0.6 is 0 Å². The molecule has 1 aromatic heterocycles. The van der Waals surface area contributed by atoms with Crippen molar-refractivity contribution in [2.75, 3.05) is 47.7 Å². The van der Waals surface area contributed by atoms with Gasteiger partial charge in [0.05, 0.1) is 17.0 Å². The summed E-state index contributed by atoms with van der Waals surface area (Å²) in [5, 5.41) is 0. The zero-order valence-corrected chi connectivity index (χ0v) is 17.4. The van der Waals surface area contributed by atoms with Gasteiger partial charge < -0.3 is 9.80 Å². The highest BCUT2D eigenvalue weighted by molar-refractivity contribution is 7.93. The Hall–Kier alpha value is -2.82. The van der Waals surface area contributed by atoms with Gasteiger partial charge in [0.25, 0.3) is 5.91 Å². The summed E-state index contributed by atoms with van der Waals surface area (Å²) in [6.07, 6.45) is -3.06. The van der Waals surface area contributed by atoms with Crippen LogP contribution < -0.4 is 9.21 Å². The maximum atomic E-state index is 12.9. The monoisotopic (exact) mass is 454 g/mol. The van der Waals surface area contributed by atoms with Crippen molar-refractivity contribution >= 4 is 27.4 Å². The Morgan fingerprint density at radius 3 is 2.32 bits per heavy atom. The lowest BCUT2D eigenvalue weighted by Crippen LogP contribution is -2.49. The van der Waals surface area contributed by atoms with Crippen LogP contribution in [0.3, 0.4) is 0 Å². The maximum Gasteiger partial charge on any atom is 0.417 e. The van der Waals surface area contributed by atoms with E-state index >= 15 is 0 Å². The van der Waals surface area contributed by atoms with Crippen LogP contribution in [-0.4, -0.2) is 62.7 Å².